The molecule has 3 rings (SSSR count). The van der Waals surface area contributed by atoms with Crippen molar-refractivity contribution in [3.05, 3.63) is 107 Å². The Hall–Kier alpha value is -4.23. The van der Waals surface area contributed by atoms with E-state index in [-0.39, 0.29) is 34.9 Å². The number of halogens is 10. The molecule has 0 saturated carbocycles. The van der Waals surface area contributed by atoms with Gasteiger partial charge >= 0.3 is 18.5 Å². The van der Waals surface area contributed by atoms with Gasteiger partial charge in [0.1, 0.15) is 11.6 Å². The van der Waals surface area contributed by atoms with E-state index in [4.69, 9.17) is 4.74 Å². The molecule has 0 radical (unpaired) electrons. The summed E-state index contributed by atoms with van der Waals surface area (Å²) in [5.41, 5.74) is -4.39. The Kier molecular flexibility index (Phi) is 9.66. The lowest BCUT2D eigenvalue weighted by molar-refractivity contribution is -0.360. The van der Waals surface area contributed by atoms with Crippen molar-refractivity contribution in [1.82, 2.24) is 5.32 Å². The number of benzene rings is 3. The first kappa shape index (κ1) is 34.3. The molecule has 0 spiro atoms. The summed E-state index contributed by atoms with van der Waals surface area (Å²) in [6.45, 7) is 8.39. The van der Waals surface area contributed by atoms with E-state index in [0.717, 1.165) is 42.5 Å². The van der Waals surface area contributed by atoms with Crippen molar-refractivity contribution in [2.45, 2.75) is 57.3 Å². The van der Waals surface area contributed by atoms with Gasteiger partial charge < -0.3 is 14.8 Å². The lowest BCUT2D eigenvalue weighted by atomic mass is 9.77. The summed E-state index contributed by atoms with van der Waals surface area (Å²) < 4.78 is 144. The second kappa shape index (κ2) is 12.4. The van der Waals surface area contributed by atoms with E-state index in [9.17, 15) is 48.7 Å². The van der Waals surface area contributed by atoms with Crippen LogP contribution in [0.5, 0.6) is 11.5 Å². The third-order valence-corrected chi connectivity index (χ3v) is 6.12. The smallest absolute Gasteiger partial charge is 0.488 e. The minimum atomic E-state index is -6.09. The first-order valence-electron chi connectivity index (χ1n) is 12.7. The predicted molar refractivity (Wildman–Crippen MR) is 139 cm³/mol. The molecule has 14 heteroatoms. The van der Waals surface area contributed by atoms with Crippen molar-refractivity contribution in [2.75, 3.05) is 0 Å². The van der Waals surface area contributed by atoms with Crippen LogP contribution >= 0.6 is 0 Å². The van der Waals surface area contributed by atoms with E-state index in [1.807, 2.05) is 0 Å². The van der Waals surface area contributed by atoms with Crippen LogP contribution in [0, 0.1) is 11.6 Å². The molecule has 3 aromatic rings. The van der Waals surface area contributed by atoms with Crippen molar-refractivity contribution in [1.29, 1.82) is 0 Å². The van der Waals surface area contributed by atoms with Crippen LogP contribution in [0.15, 0.2) is 72.8 Å². The van der Waals surface area contributed by atoms with Crippen LogP contribution in [0.3, 0.4) is 0 Å². The van der Waals surface area contributed by atoms with Gasteiger partial charge in [0.15, 0.2) is 11.6 Å². The lowest BCUT2D eigenvalue weighted by Crippen LogP contribution is -2.47. The van der Waals surface area contributed by atoms with Gasteiger partial charge in [0.2, 0.25) is 0 Å². The maximum absolute atomic E-state index is 14.7. The Morgan fingerprint density at radius 1 is 0.864 bits per heavy atom. The molecule has 1 amide bonds. The maximum atomic E-state index is 14.7. The van der Waals surface area contributed by atoms with Crippen molar-refractivity contribution in [3.63, 3.8) is 0 Å². The fraction of sp³-hybridized carbons (Fsp3) is 0.300. The number of ether oxygens (including phenoxy) is 2. The molecule has 238 valence electrons. The van der Waals surface area contributed by atoms with Gasteiger partial charge in [0, 0.05) is 5.56 Å². The molecular formula is C30H25F10NO3. The molecule has 3 aromatic carbocycles. The van der Waals surface area contributed by atoms with Gasteiger partial charge in [-0.05, 0) is 80.8 Å². The zero-order chi connectivity index (χ0) is 33.3. The summed E-state index contributed by atoms with van der Waals surface area (Å²) in [7, 11) is 0. The highest BCUT2D eigenvalue weighted by molar-refractivity contribution is 5.95. The number of carbonyl (C=O) groups excluding carboxylic acids is 1. The third-order valence-electron chi connectivity index (χ3n) is 6.12. The lowest BCUT2D eigenvalue weighted by Gasteiger charge is -2.37. The molecule has 1 unspecified atom stereocenters. The molecule has 0 saturated heterocycles. The summed E-state index contributed by atoms with van der Waals surface area (Å²) >= 11 is 0. The van der Waals surface area contributed by atoms with Gasteiger partial charge in [-0.2, -0.15) is 35.1 Å². The fourth-order valence-corrected chi connectivity index (χ4v) is 4.31. The Balaban J connectivity index is 2.30. The van der Waals surface area contributed by atoms with E-state index in [1.165, 1.54) is 13.0 Å². The maximum Gasteiger partial charge on any atom is 0.499 e. The van der Waals surface area contributed by atoms with Gasteiger partial charge in [-0.3, -0.25) is 4.79 Å². The SMILES string of the molecule is C=C(C)CC(NC(=O)c1ccc(F)c(C(F)(F)F)c1)(c1cccc(OC(F)(F)C(F)(F)F)c1)c1ccc(F)c(OC(C)C)c1. The van der Waals surface area contributed by atoms with Crippen LogP contribution in [0.2, 0.25) is 0 Å². The van der Waals surface area contributed by atoms with Crippen molar-refractivity contribution in [3.8, 4) is 11.5 Å². The van der Waals surface area contributed by atoms with E-state index in [1.54, 1.807) is 13.8 Å². The van der Waals surface area contributed by atoms with E-state index >= 15 is 0 Å². The van der Waals surface area contributed by atoms with Crippen molar-refractivity contribution >= 4 is 5.91 Å². The molecule has 1 atom stereocenters. The molecule has 4 nitrogen and oxygen atoms in total. The number of nitrogens with one attached hydrogen (secondary N) is 1. The monoisotopic (exact) mass is 637 g/mol. The Bertz CT molecular complexity index is 1530. The van der Waals surface area contributed by atoms with Crippen LogP contribution in [0.25, 0.3) is 0 Å². The van der Waals surface area contributed by atoms with E-state index in [2.05, 4.69) is 16.6 Å². The highest BCUT2D eigenvalue weighted by Gasteiger charge is 2.61. The van der Waals surface area contributed by atoms with Gasteiger partial charge in [-0.25, -0.2) is 8.78 Å². The molecule has 0 aliphatic rings. The molecule has 0 fully saturated rings. The number of alkyl halides is 8. The van der Waals surface area contributed by atoms with Crippen molar-refractivity contribution < 1.29 is 58.2 Å². The topological polar surface area (TPSA) is 47.6 Å². The Morgan fingerprint density at radius 3 is 2.05 bits per heavy atom. The highest BCUT2D eigenvalue weighted by atomic mass is 19.4. The zero-order valence-electron chi connectivity index (χ0n) is 23.3. The van der Waals surface area contributed by atoms with Crippen LogP contribution in [-0.4, -0.2) is 24.3 Å². The second-order valence-electron chi connectivity index (χ2n) is 10.1. The molecular weight excluding hydrogens is 612 g/mol. The highest BCUT2D eigenvalue weighted by Crippen LogP contribution is 2.42. The first-order chi connectivity index (χ1) is 20.2. The van der Waals surface area contributed by atoms with Crippen LogP contribution < -0.4 is 14.8 Å². The largest absolute Gasteiger partial charge is 0.499 e. The Labute approximate surface area is 245 Å². The normalized spacial score (nSPS) is 13.8. The quantitative estimate of drug-likeness (QED) is 0.178. The number of carbonyl (C=O) groups is 1. The van der Waals surface area contributed by atoms with Crippen LogP contribution in [-0.2, 0) is 11.7 Å². The second-order valence-corrected chi connectivity index (χ2v) is 10.1. The number of hydrogen-bond donors (Lipinski definition) is 1. The van der Waals surface area contributed by atoms with Crippen LogP contribution in [0.1, 0.15) is 54.2 Å². The molecule has 0 aliphatic heterocycles. The Morgan fingerprint density at radius 2 is 1.48 bits per heavy atom. The van der Waals surface area contributed by atoms with Crippen LogP contribution in [0.4, 0.5) is 43.9 Å². The zero-order valence-corrected chi connectivity index (χ0v) is 23.3. The molecule has 0 bridgehead atoms. The minimum Gasteiger partial charge on any atom is -0.488 e. The summed E-state index contributed by atoms with van der Waals surface area (Å²) in [6, 6.07) is 8.40. The molecule has 0 heterocycles. The molecule has 1 N–H and O–H groups in total. The predicted octanol–water partition coefficient (Wildman–Crippen LogP) is 8.94. The number of amides is 1. The van der Waals surface area contributed by atoms with Gasteiger partial charge in [-0.15, -0.1) is 6.58 Å². The molecule has 0 aliphatic carbocycles. The first-order valence-corrected chi connectivity index (χ1v) is 12.7. The average molecular weight is 638 g/mol. The van der Waals surface area contributed by atoms with Gasteiger partial charge in [0.05, 0.1) is 17.2 Å². The minimum absolute atomic E-state index is 0.0243. The number of rotatable bonds is 10. The third kappa shape index (κ3) is 7.64. The number of hydrogen-bond acceptors (Lipinski definition) is 3. The van der Waals surface area contributed by atoms with E-state index in [0.29, 0.717) is 6.07 Å². The summed E-state index contributed by atoms with van der Waals surface area (Å²) in [6.07, 6.45) is -17.8. The van der Waals surface area contributed by atoms with Gasteiger partial charge in [0.25, 0.3) is 5.91 Å². The van der Waals surface area contributed by atoms with Crippen molar-refractivity contribution in [2.24, 2.45) is 0 Å². The summed E-state index contributed by atoms with van der Waals surface area (Å²) in [5, 5.41) is 2.50. The summed E-state index contributed by atoms with van der Waals surface area (Å²) in [5.74, 6) is -5.08. The standard InChI is InChI=1S/C30H25F10NO3/c1-16(2)15-27(20-9-11-24(32)25(14-20)43-17(3)4,19-6-5-7-21(13-19)44-30(39,40)29(36,37)38)41-26(42)18-8-10-23(31)22(12-18)28(33,34)35/h5-14,17H,1,15H2,2-4H3,(H,41,42). The average Bonchev–Trinajstić information content (AvgIpc) is 2.87. The summed E-state index contributed by atoms with van der Waals surface area (Å²) in [4.78, 5) is 13.5. The van der Waals surface area contributed by atoms with Gasteiger partial charge in [-0.1, -0.05) is 23.8 Å². The molecule has 0 aromatic heterocycles. The van der Waals surface area contributed by atoms with E-state index < -0.39 is 64.5 Å². The fourth-order valence-electron chi connectivity index (χ4n) is 4.31. The molecule has 44 heavy (non-hydrogen) atoms.